The van der Waals surface area contributed by atoms with Gasteiger partial charge in [-0.25, -0.2) is 0 Å². The molecular weight excluding hydrogens is 456 g/mol. The Hall–Kier alpha value is -1.24. The Bertz CT molecular complexity index is 980. The summed E-state index contributed by atoms with van der Waals surface area (Å²) in [7, 11) is 0. The summed E-state index contributed by atoms with van der Waals surface area (Å²) in [4.78, 5) is 26.2. The zero-order valence-corrected chi connectivity index (χ0v) is 23.0. The van der Waals surface area contributed by atoms with Gasteiger partial charge in [0.25, 0.3) is 0 Å². The maximum absolute atomic E-state index is 13.2. The largest absolute Gasteiger partial charge is 0.459 e. The number of rotatable bonds is 3. The van der Waals surface area contributed by atoms with Gasteiger partial charge >= 0.3 is 5.97 Å². The van der Waals surface area contributed by atoms with Crippen molar-refractivity contribution in [1.82, 2.24) is 0 Å². The van der Waals surface area contributed by atoms with Crippen LogP contribution >= 0.6 is 0 Å². The van der Waals surface area contributed by atoms with Crippen LogP contribution in [0.4, 0.5) is 0 Å². The number of carbonyl (C=O) groups excluding carboxylic acids is 2. The first-order valence-corrected chi connectivity index (χ1v) is 14.1. The van der Waals surface area contributed by atoms with Crippen LogP contribution in [0.15, 0.2) is 11.6 Å². The van der Waals surface area contributed by atoms with Gasteiger partial charge < -0.3 is 20.1 Å². The van der Waals surface area contributed by atoms with E-state index >= 15 is 0 Å². The third kappa shape index (κ3) is 3.32. The number of fused-ring (bicyclic) bond motifs is 5. The van der Waals surface area contributed by atoms with Gasteiger partial charge in [0.05, 0.1) is 29.6 Å². The summed E-state index contributed by atoms with van der Waals surface area (Å²) in [6.45, 7) is 12.1. The van der Waals surface area contributed by atoms with E-state index in [4.69, 9.17) is 4.74 Å². The molecule has 0 aromatic heterocycles. The topological polar surface area (TPSA) is 104 Å². The SMILES string of the molecule is CC(C)(O)[C@@H]1CC[C@@H]([C@@H]2[C@@H](O)C[C@]3(C)C4=CC[C@@H]5[C@](C)(CCC(=O)[C@]5(C)CO)[C@H]4CC[C@@]23C)C(=O)O1. The molecule has 6 nitrogen and oxygen atoms in total. The summed E-state index contributed by atoms with van der Waals surface area (Å²) in [6, 6.07) is 0. The minimum atomic E-state index is -1.07. The molecule has 6 heteroatoms. The summed E-state index contributed by atoms with van der Waals surface area (Å²) in [5.74, 6) is -0.198. The van der Waals surface area contributed by atoms with E-state index in [0.29, 0.717) is 31.6 Å². The molecule has 36 heavy (non-hydrogen) atoms. The maximum Gasteiger partial charge on any atom is 0.309 e. The number of esters is 1. The highest BCUT2D eigenvalue weighted by Gasteiger charge is 2.69. The van der Waals surface area contributed by atoms with Crippen LogP contribution in [-0.4, -0.2) is 51.5 Å². The minimum Gasteiger partial charge on any atom is -0.459 e. The first-order chi connectivity index (χ1) is 16.6. The molecule has 202 valence electrons. The molecule has 0 aromatic carbocycles. The number of allylic oxidation sites excluding steroid dienone is 2. The third-order valence-electron chi connectivity index (χ3n) is 12.3. The van der Waals surface area contributed by atoms with E-state index < -0.39 is 23.2 Å². The van der Waals surface area contributed by atoms with Crippen LogP contribution in [0.2, 0.25) is 0 Å². The van der Waals surface area contributed by atoms with Crippen LogP contribution in [-0.2, 0) is 14.3 Å². The molecule has 1 aliphatic heterocycles. The number of carbonyl (C=O) groups is 2. The smallest absolute Gasteiger partial charge is 0.309 e. The summed E-state index contributed by atoms with van der Waals surface area (Å²) < 4.78 is 5.75. The zero-order valence-electron chi connectivity index (χ0n) is 23.0. The number of hydrogen-bond donors (Lipinski definition) is 3. The Balaban J connectivity index is 1.48. The lowest BCUT2D eigenvalue weighted by molar-refractivity contribution is -0.184. The van der Waals surface area contributed by atoms with E-state index in [1.54, 1.807) is 13.8 Å². The molecule has 3 saturated carbocycles. The van der Waals surface area contributed by atoms with Gasteiger partial charge in [-0.1, -0.05) is 39.3 Å². The van der Waals surface area contributed by atoms with Crippen molar-refractivity contribution in [2.24, 2.45) is 45.3 Å². The van der Waals surface area contributed by atoms with Crippen molar-refractivity contribution in [3.05, 3.63) is 11.6 Å². The number of aliphatic hydroxyl groups excluding tert-OH is 2. The first-order valence-electron chi connectivity index (χ1n) is 14.1. The van der Waals surface area contributed by atoms with Crippen molar-refractivity contribution in [3.8, 4) is 0 Å². The first kappa shape index (κ1) is 26.4. The molecule has 1 saturated heterocycles. The fraction of sp³-hybridized carbons (Fsp3) is 0.867. The molecule has 0 aromatic rings. The fourth-order valence-electron chi connectivity index (χ4n) is 9.92. The van der Waals surface area contributed by atoms with E-state index in [1.807, 2.05) is 6.92 Å². The van der Waals surface area contributed by atoms with E-state index in [9.17, 15) is 24.9 Å². The molecule has 0 unspecified atom stereocenters. The van der Waals surface area contributed by atoms with Gasteiger partial charge in [-0.3, -0.25) is 9.59 Å². The molecule has 0 radical (unpaired) electrons. The number of ether oxygens (including phenoxy) is 1. The second-order valence-electron chi connectivity index (χ2n) is 14.4. The van der Waals surface area contributed by atoms with Crippen LogP contribution < -0.4 is 0 Å². The number of Topliss-reactive ketones (excluding diaryl/α,β-unsaturated/α-hetero) is 1. The Morgan fingerprint density at radius 3 is 2.39 bits per heavy atom. The Kier molecular flexibility index (Phi) is 5.95. The monoisotopic (exact) mass is 502 g/mol. The molecule has 5 aliphatic rings. The average Bonchev–Trinajstić information content (AvgIpc) is 3.01. The van der Waals surface area contributed by atoms with Gasteiger partial charge in [0.1, 0.15) is 11.9 Å². The standard InChI is InChI=1S/C30H46O6/c1-26(2,35)23-10-7-17(25(34)36-23)24-20(32)15-30(6)19-8-9-21-27(3,18(19)11-14-29(24,30)5)13-12-22(33)28(21,4)16-31/h8,17-18,20-21,23-24,31-32,35H,7,9-16H2,1-6H3/t17-,18-,20-,21+,23-,24+,27+,28+,29-,30+/m0/s1. The van der Waals surface area contributed by atoms with Gasteiger partial charge in [-0.05, 0) is 86.9 Å². The van der Waals surface area contributed by atoms with Gasteiger partial charge in [-0.2, -0.15) is 0 Å². The van der Waals surface area contributed by atoms with Crippen molar-refractivity contribution in [2.75, 3.05) is 6.61 Å². The van der Waals surface area contributed by atoms with Crippen molar-refractivity contribution < 1.29 is 29.6 Å². The molecule has 0 bridgehead atoms. The van der Waals surface area contributed by atoms with Gasteiger partial charge in [0, 0.05) is 12.3 Å². The van der Waals surface area contributed by atoms with Crippen LogP contribution in [0, 0.1) is 45.3 Å². The second-order valence-corrected chi connectivity index (χ2v) is 14.4. The number of aliphatic hydroxyl groups is 3. The van der Waals surface area contributed by atoms with E-state index in [1.165, 1.54) is 5.57 Å². The lowest BCUT2D eigenvalue weighted by atomic mass is 9.41. The van der Waals surface area contributed by atoms with Crippen molar-refractivity contribution in [2.45, 2.75) is 111 Å². The van der Waals surface area contributed by atoms with Crippen molar-refractivity contribution in [3.63, 3.8) is 0 Å². The highest BCUT2D eigenvalue weighted by Crippen LogP contribution is 2.73. The Morgan fingerprint density at radius 1 is 1.08 bits per heavy atom. The number of cyclic esters (lactones) is 1. The summed E-state index contributed by atoms with van der Waals surface area (Å²) in [5, 5.41) is 32.2. The van der Waals surface area contributed by atoms with E-state index in [2.05, 4.69) is 26.8 Å². The van der Waals surface area contributed by atoms with Gasteiger partial charge in [0.2, 0.25) is 0 Å². The second kappa shape index (κ2) is 8.13. The van der Waals surface area contributed by atoms with E-state index in [-0.39, 0.29) is 52.4 Å². The zero-order chi connectivity index (χ0) is 26.5. The highest BCUT2D eigenvalue weighted by molar-refractivity contribution is 5.86. The molecule has 4 aliphatic carbocycles. The molecule has 4 fully saturated rings. The normalized spacial score (nSPS) is 51.1. The van der Waals surface area contributed by atoms with Crippen molar-refractivity contribution in [1.29, 1.82) is 0 Å². The molecule has 0 spiro atoms. The van der Waals surface area contributed by atoms with E-state index in [0.717, 1.165) is 25.7 Å². The predicted molar refractivity (Wildman–Crippen MR) is 136 cm³/mol. The number of hydrogen-bond acceptors (Lipinski definition) is 6. The Labute approximate surface area is 215 Å². The minimum absolute atomic E-state index is 0.0629. The van der Waals surface area contributed by atoms with Crippen LogP contribution in [0.5, 0.6) is 0 Å². The summed E-state index contributed by atoms with van der Waals surface area (Å²) >= 11 is 0. The van der Waals surface area contributed by atoms with Crippen LogP contribution in [0.1, 0.15) is 92.9 Å². The number of ketones is 1. The Morgan fingerprint density at radius 2 is 1.78 bits per heavy atom. The summed E-state index contributed by atoms with van der Waals surface area (Å²) in [5.41, 5.74) is -0.907. The molecule has 5 rings (SSSR count). The summed E-state index contributed by atoms with van der Waals surface area (Å²) in [6.07, 6.45) is 7.13. The predicted octanol–water partition coefficient (Wildman–Crippen LogP) is 4.20. The quantitative estimate of drug-likeness (QED) is 0.395. The van der Waals surface area contributed by atoms with Gasteiger partial charge in [0.15, 0.2) is 0 Å². The molecular formula is C30H46O6. The molecule has 10 atom stereocenters. The maximum atomic E-state index is 13.2. The fourth-order valence-corrected chi connectivity index (χ4v) is 9.92. The lowest BCUT2D eigenvalue weighted by Gasteiger charge is -2.63. The molecule has 3 N–H and O–H groups in total. The third-order valence-corrected chi connectivity index (χ3v) is 12.3. The van der Waals surface area contributed by atoms with Crippen LogP contribution in [0.25, 0.3) is 0 Å². The van der Waals surface area contributed by atoms with Crippen molar-refractivity contribution >= 4 is 11.8 Å². The average molecular weight is 503 g/mol. The molecule has 1 heterocycles. The lowest BCUT2D eigenvalue weighted by Crippen LogP contribution is -2.59. The highest BCUT2D eigenvalue weighted by atomic mass is 16.6. The molecule has 0 amide bonds. The van der Waals surface area contributed by atoms with Gasteiger partial charge in [-0.15, -0.1) is 0 Å². The van der Waals surface area contributed by atoms with Crippen LogP contribution in [0.3, 0.4) is 0 Å².